The van der Waals surface area contributed by atoms with Crippen LogP contribution in [0.15, 0.2) is 24.3 Å². The first-order valence-corrected chi connectivity index (χ1v) is 22.2. The van der Waals surface area contributed by atoms with Crippen molar-refractivity contribution in [3.63, 3.8) is 0 Å². The number of hydrogen-bond donors (Lipinski definition) is 7. The molecule has 7 atom stereocenters. The Morgan fingerprint density at radius 1 is 0.754 bits per heavy atom. The van der Waals surface area contributed by atoms with Gasteiger partial charge >= 0.3 is 11.4 Å². The molecule has 0 aromatic heterocycles. The van der Waals surface area contributed by atoms with Gasteiger partial charge in [0, 0.05) is 13.0 Å². The van der Waals surface area contributed by atoms with E-state index in [1.807, 2.05) is 6.08 Å². The Balaban J connectivity index is 1.72. The third-order valence-corrected chi connectivity index (χ3v) is 10.9. The summed E-state index contributed by atoms with van der Waals surface area (Å²) in [6, 6.07) is 0.506. The largest absolute Gasteiger partial charge is 0.394 e. The molecule has 61 heavy (non-hydrogen) atoms. The summed E-state index contributed by atoms with van der Waals surface area (Å²) in [5.74, 6) is -0.293. The molecule has 7 N–H and O–H groups in total. The molecule has 0 bridgehead atoms. The molecule has 1 saturated heterocycles. The maximum absolute atomic E-state index is 13.0. The topological polar surface area (TPSA) is 290 Å². The number of aliphatic hydroxyl groups excluding tert-OH is 5. The van der Waals surface area contributed by atoms with Crippen molar-refractivity contribution >= 4 is 28.7 Å². The van der Waals surface area contributed by atoms with Crippen molar-refractivity contribution in [2.75, 3.05) is 25.1 Å². The predicted octanol–water partition coefficient (Wildman–Crippen LogP) is 6.64. The number of amides is 1. The van der Waals surface area contributed by atoms with Crippen LogP contribution in [0.5, 0.6) is 0 Å². The number of aliphatic hydroxyl groups is 5. The smallest absolute Gasteiger partial charge is 0.306 e. The van der Waals surface area contributed by atoms with Gasteiger partial charge < -0.3 is 45.6 Å². The number of nitro groups is 3. The van der Waals surface area contributed by atoms with Crippen molar-refractivity contribution in [1.29, 1.82) is 0 Å². The van der Waals surface area contributed by atoms with Gasteiger partial charge in [0.15, 0.2) is 12.0 Å². The van der Waals surface area contributed by atoms with E-state index in [2.05, 4.69) is 17.6 Å². The van der Waals surface area contributed by atoms with Crippen LogP contribution in [-0.4, -0.2) is 109 Å². The van der Waals surface area contributed by atoms with Crippen molar-refractivity contribution in [3.05, 3.63) is 54.6 Å². The van der Waals surface area contributed by atoms with Crippen LogP contribution in [0.1, 0.15) is 148 Å². The summed E-state index contributed by atoms with van der Waals surface area (Å²) < 4.78 is 11.1. The molecule has 0 spiro atoms. The number of nitrogens with zero attached hydrogens (tertiary/aromatic N) is 3. The maximum atomic E-state index is 13.0. The lowest BCUT2D eigenvalue weighted by molar-refractivity contribution is -0.401. The average Bonchev–Trinajstić information content (AvgIpc) is 3.23. The van der Waals surface area contributed by atoms with Crippen molar-refractivity contribution in [1.82, 2.24) is 5.32 Å². The zero-order chi connectivity index (χ0) is 45.0. The normalized spacial score (nSPS) is 20.1. The van der Waals surface area contributed by atoms with Crippen LogP contribution in [0.2, 0.25) is 0 Å². The molecule has 1 aromatic rings. The van der Waals surface area contributed by atoms with E-state index in [1.54, 1.807) is 6.08 Å². The van der Waals surface area contributed by atoms with Gasteiger partial charge in [0.25, 0.3) is 5.69 Å². The molecule has 1 heterocycles. The summed E-state index contributed by atoms with van der Waals surface area (Å²) in [6.07, 6.45) is 16.9. The Morgan fingerprint density at radius 3 is 1.77 bits per heavy atom. The molecule has 1 fully saturated rings. The summed E-state index contributed by atoms with van der Waals surface area (Å²) in [6.45, 7) is 1.55. The molecule has 1 aliphatic rings. The number of hydrogen-bond acceptors (Lipinski definition) is 15. The Kier molecular flexibility index (Phi) is 27.1. The summed E-state index contributed by atoms with van der Waals surface area (Å²) in [7, 11) is 0. The number of carbonyl (C=O) groups excluding carboxylic acids is 1. The molecule has 0 unspecified atom stereocenters. The molecule has 0 saturated carbocycles. The van der Waals surface area contributed by atoms with Crippen LogP contribution in [0.4, 0.5) is 22.7 Å². The van der Waals surface area contributed by atoms with Crippen LogP contribution in [0, 0.1) is 30.3 Å². The summed E-state index contributed by atoms with van der Waals surface area (Å²) in [5, 5.41) is 90.7. The molecule has 348 valence electrons. The number of benzene rings is 1. The number of anilines is 1. The Labute approximate surface area is 358 Å². The molecule has 19 nitrogen and oxygen atoms in total. The minimum Gasteiger partial charge on any atom is -0.394 e. The number of non-ortho nitro benzene ring substituents is 1. The molecule has 1 aromatic carbocycles. The van der Waals surface area contributed by atoms with Gasteiger partial charge in [-0.3, -0.25) is 35.1 Å². The number of unbranched alkanes of at least 4 members (excludes halogenated alkanes) is 19. The molecular formula is C42H71N5O14. The first kappa shape index (κ1) is 53.3. The van der Waals surface area contributed by atoms with Gasteiger partial charge in [-0.25, -0.2) is 0 Å². The highest BCUT2D eigenvalue weighted by molar-refractivity contribution is 5.77. The summed E-state index contributed by atoms with van der Waals surface area (Å²) >= 11 is 0. The number of rotatable bonds is 35. The fraction of sp³-hybridized carbons (Fsp3) is 0.786. The molecule has 0 aliphatic carbocycles. The van der Waals surface area contributed by atoms with Crippen LogP contribution in [0.3, 0.4) is 0 Å². The Morgan fingerprint density at radius 2 is 1.26 bits per heavy atom. The minimum atomic E-state index is -1.63. The van der Waals surface area contributed by atoms with E-state index in [4.69, 9.17) is 9.47 Å². The monoisotopic (exact) mass is 869 g/mol. The zero-order valence-electron chi connectivity index (χ0n) is 35.8. The second kappa shape index (κ2) is 31.1. The summed E-state index contributed by atoms with van der Waals surface area (Å²) in [5.41, 5.74) is -2.55. The van der Waals surface area contributed by atoms with Gasteiger partial charge in [0.1, 0.15) is 24.4 Å². The van der Waals surface area contributed by atoms with Crippen LogP contribution < -0.4 is 10.6 Å². The van der Waals surface area contributed by atoms with Crippen molar-refractivity contribution < 1.29 is 54.6 Å². The van der Waals surface area contributed by atoms with E-state index >= 15 is 0 Å². The van der Waals surface area contributed by atoms with Crippen LogP contribution in [-0.2, 0) is 14.3 Å². The second-order valence-corrected chi connectivity index (χ2v) is 15.9. The third-order valence-electron chi connectivity index (χ3n) is 10.9. The number of allylic oxidation sites excluding steroid dienone is 1. The van der Waals surface area contributed by atoms with Gasteiger partial charge in [-0.15, -0.1) is 0 Å². The van der Waals surface area contributed by atoms with Gasteiger partial charge in [0.05, 0.1) is 52.3 Å². The highest BCUT2D eigenvalue weighted by Crippen LogP contribution is 2.38. The molecule has 1 aliphatic heterocycles. The molecular weight excluding hydrogens is 798 g/mol. The summed E-state index contributed by atoms with van der Waals surface area (Å²) in [4.78, 5) is 44.2. The Hall–Kier alpha value is -3.85. The van der Waals surface area contributed by atoms with E-state index in [0.29, 0.717) is 25.0 Å². The number of nitrogens with one attached hydrogen (secondary N) is 2. The van der Waals surface area contributed by atoms with E-state index in [-0.39, 0.29) is 31.2 Å². The fourth-order valence-corrected chi connectivity index (χ4v) is 7.24. The van der Waals surface area contributed by atoms with Crippen molar-refractivity contribution in [2.45, 2.75) is 191 Å². The van der Waals surface area contributed by atoms with Crippen LogP contribution >= 0.6 is 0 Å². The van der Waals surface area contributed by atoms with Gasteiger partial charge in [-0.2, -0.15) is 0 Å². The van der Waals surface area contributed by atoms with Gasteiger partial charge in [0.2, 0.25) is 5.91 Å². The second-order valence-electron chi connectivity index (χ2n) is 15.9. The minimum absolute atomic E-state index is 0.212. The van der Waals surface area contributed by atoms with E-state index < -0.39 is 81.3 Å². The number of nitro benzene ring substituents is 3. The quantitative estimate of drug-likeness (QED) is 0.0163. The standard InChI is InChI=1S/C42H71N5O14/c1-2-3-4-5-6-7-8-9-10-12-15-18-21-24-35(49)32(30-60-42-41(53)40(52)39(51)36(29-48)61-42)44-37(50)25-22-19-16-13-11-14-17-20-23-26-43-38-33(46(56)57)27-31(45(54)55)28-34(38)47(58)59/h21,24,27-28,32,35-36,39-43,48-49,51-53H,2-20,22-23,25-26,29-30H2,1H3,(H,44,50)/b24-21+/t32-,35+,36-,39-,40+,41-,42-/m0/s1. The zero-order valence-corrected chi connectivity index (χ0v) is 35.8. The fourth-order valence-electron chi connectivity index (χ4n) is 7.24. The van der Waals surface area contributed by atoms with E-state index in [9.17, 15) is 60.7 Å². The van der Waals surface area contributed by atoms with Crippen molar-refractivity contribution in [3.8, 4) is 0 Å². The number of ether oxygens (including phenoxy) is 2. The molecule has 19 heteroatoms. The maximum Gasteiger partial charge on any atom is 0.306 e. The predicted molar refractivity (Wildman–Crippen MR) is 229 cm³/mol. The van der Waals surface area contributed by atoms with Crippen LogP contribution in [0.25, 0.3) is 0 Å². The first-order chi connectivity index (χ1) is 29.3. The highest BCUT2D eigenvalue weighted by atomic mass is 16.7. The van der Waals surface area contributed by atoms with E-state index in [1.165, 1.54) is 57.8 Å². The first-order valence-electron chi connectivity index (χ1n) is 22.2. The lowest BCUT2D eigenvalue weighted by Gasteiger charge is -2.40. The Bertz CT molecular complexity index is 1430. The van der Waals surface area contributed by atoms with Gasteiger partial charge in [-0.1, -0.05) is 128 Å². The third kappa shape index (κ3) is 20.7. The van der Waals surface area contributed by atoms with E-state index in [0.717, 1.165) is 64.2 Å². The lowest BCUT2D eigenvalue weighted by Crippen LogP contribution is -2.60. The van der Waals surface area contributed by atoms with Crippen molar-refractivity contribution in [2.24, 2.45) is 0 Å². The average molecular weight is 870 g/mol. The molecule has 2 rings (SSSR count). The molecule has 0 radical (unpaired) electrons. The lowest BCUT2D eigenvalue weighted by atomic mass is 9.99. The number of carbonyl (C=O) groups is 1. The highest BCUT2D eigenvalue weighted by Gasteiger charge is 2.44. The SMILES string of the molecule is CCCCCCCCCCCCC/C=C/[C@@H](O)[C@H](CO[C@H]1O[C@@H](CO)[C@H](O)[C@@H](O)[C@@H]1O)NC(=O)CCCCCCCCCCCNc1c([N+](=O)[O-])cc([N+](=O)[O-])cc1[N+](=O)[O-]. The van der Waals surface area contributed by atoms with Gasteiger partial charge in [-0.05, 0) is 25.7 Å². The molecule has 1 amide bonds.